The number of ether oxygens (including phenoxy) is 1. The Morgan fingerprint density at radius 2 is 1.67 bits per heavy atom. The first-order chi connectivity index (χ1) is 17.4. The van der Waals surface area contributed by atoms with E-state index in [1.54, 1.807) is 54.3 Å². The van der Waals surface area contributed by atoms with Gasteiger partial charge in [0.2, 0.25) is 0 Å². The quantitative estimate of drug-likeness (QED) is 0.267. The Balaban J connectivity index is 1.32. The van der Waals surface area contributed by atoms with Crippen LogP contribution < -0.4 is 15.4 Å². The zero-order valence-corrected chi connectivity index (χ0v) is 21.0. The van der Waals surface area contributed by atoms with E-state index in [0.29, 0.717) is 32.6 Å². The Kier molecular flexibility index (Phi) is 6.45. The van der Waals surface area contributed by atoms with Gasteiger partial charge in [-0.05, 0) is 61.5 Å². The van der Waals surface area contributed by atoms with E-state index in [1.165, 1.54) is 11.3 Å². The maximum Gasteiger partial charge on any atom is 0.265 e. The van der Waals surface area contributed by atoms with Gasteiger partial charge in [0, 0.05) is 16.6 Å². The largest absolute Gasteiger partial charge is 0.495 e. The van der Waals surface area contributed by atoms with Crippen molar-refractivity contribution in [3.63, 3.8) is 0 Å². The number of hydrogen-bond donors (Lipinski definition) is 2. The Hall–Kier alpha value is -4.14. The lowest BCUT2D eigenvalue weighted by Crippen LogP contribution is -2.13. The fourth-order valence-corrected chi connectivity index (χ4v) is 5.07. The lowest BCUT2D eigenvalue weighted by atomic mass is 10.2. The van der Waals surface area contributed by atoms with Crippen molar-refractivity contribution in [1.29, 1.82) is 0 Å². The minimum absolute atomic E-state index is 0.243. The van der Waals surface area contributed by atoms with Gasteiger partial charge in [-0.25, -0.2) is 4.68 Å². The summed E-state index contributed by atoms with van der Waals surface area (Å²) < 4.78 is 7.04. The van der Waals surface area contributed by atoms with Gasteiger partial charge in [0.25, 0.3) is 11.8 Å². The van der Waals surface area contributed by atoms with Gasteiger partial charge in [0.15, 0.2) is 0 Å². The Labute approximate surface area is 216 Å². The first-order valence-corrected chi connectivity index (χ1v) is 12.2. The third kappa shape index (κ3) is 4.56. The van der Waals surface area contributed by atoms with Crippen molar-refractivity contribution in [1.82, 2.24) is 9.78 Å². The topological polar surface area (TPSA) is 85.2 Å². The molecule has 0 bridgehead atoms. The molecule has 0 aliphatic rings. The van der Waals surface area contributed by atoms with Gasteiger partial charge in [-0.15, -0.1) is 11.3 Å². The molecule has 0 saturated heterocycles. The van der Waals surface area contributed by atoms with E-state index in [9.17, 15) is 9.59 Å². The molecule has 5 aromatic rings. The van der Waals surface area contributed by atoms with Gasteiger partial charge in [-0.3, -0.25) is 9.59 Å². The van der Waals surface area contributed by atoms with Crippen molar-refractivity contribution in [3.8, 4) is 11.4 Å². The Bertz CT molecular complexity index is 1590. The van der Waals surface area contributed by atoms with Crippen LogP contribution in [0.2, 0.25) is 5.02 Å². The number of thiophene rings is 1. The average Bonchev–Trinajstić information content (AvgIpc) is 3.46. The molecule has 2 N–H and O–H groups in total. The molecule has 2 heterocycles. The number of halogens is 1. The molecule has 0 radical (unpaired) electrons. The number of para-hydroxylation sites is 3. The summed E-state index contributed by atoms with van der Waals surface area (Å²) in [5.41, 5.74) is 3.18. The normalized spacial score (nSPS) is 10.9. The standard InChI is InChI=1S/C27H21ClN4O3S/c1-16-19-15-24(36-27(19)32(31-16)22-9-5-3-7-20(22)28)26(34)29-18-13-11-17(12-14-18)25(33)30-21-8-4-6-10-23(21)35-2/h3-15H,1-2H3,(H,29,34)(H,30,33). The van der Waals surface area contributed by atoms with Gasteiger partial charge in [0.05, 0.1) is 34.1 Å². The molecule has 2 aromatic heterocycles. The lowest BCUT2D eigenvalue weighted by Gasteiger charge is -2.10. The predicted molar refractivity (Wildman–Crippen MR) is 144 cm³/mol. The highest BCUT2D eigenvalue weighted by molar-refractivity contribution is 7.20. The molecule has 0 atom stereocenters. The number of methoxy groups -OCH3 is 1. The first kappa shape index (κ1) is 23.6. The van der Waals surface area contributed by atoms with E-state index in [2.05, 4.69) is 15.7 Å². The monoisotopic (exact) mass is 516 g/mol. The molecule has 3 aromatic carbocycles. The van der Waals surface area contributed by atoms with Gasteiger partial charge >= 0.3 is 0 Å². The molecular weight excluding hydrogens is 496 g/mol. The fourth-order valence-electron chi connectivity index (χ4n) is 3.79. The van der Waals surface area contributed by atoms with Crippen LogP contribution in [0.5, 0.6) is 5.75 Å². The van der Waals surface area contributed by atoms with Crippen LogP contribution in [0.25, 0.3) is 15.9 Å². The van der Waals surface area contributed by atoms with Gasteiger partial charge in [-0.1, -0.05) is 35.9 Å². The molecule has 5 rings (SSSR count). The molecule has 180 valence electrons. The summed E-state index contributed by atoms with van der Waals surface area (Å²) in [4.78, 5) is 27.0. The van der Waals surface area contributed by atoms with Crippen LogP contribution in [0.1, 0.15) is 25.7 Å². The predicted octanol–water partition coefficient (Wildman–Crippen LogP) is 6.56. The van der Waals surface area contributed by atoms with Crippen LogP contribution in [0.15, 0.2) is 78.9 Å². The van der Waals surface area contributed by atoms with Gasteiger partial charge in [0.1, 0.15) is 10.6 Å². The molecule has 7 nitrogen and oxygen atoms in total. The van der Waals surface area contributed by atoms with Gasteiger partial charge in [-0.2, -0.15) is 5.10 Å². The number of fused-ring (bicyclic) bond motifs is 1. The second kappa shape index (κ2) is 9.85. The minimum atomic E-state index is -0.276. The fraction of sp³-hybridized carbons (Fsp3) is 0.0741. The second-order valence-corrected chi connectivity index (χ2v) is 9.40. The summed E-state index contributed by atoms with van der Waals surface area (Å²) in [6.07, 6.45) is 0. The Morgan fingerprint density at radius 3 is 2.42 bits per heavy atom. The van der Waals surface area contributed by atoms with Crippen molar-refractivity contribution in [2.45, 2.75) is 6.92 Å². The SMILES string of the molecule is COc1ccccc1NC(=O)c1ccc(NC(=O)c2cc3c(C)nn(-c4ccccc4Cl)c3s2)cc1. The molecule has 0 fully saturated rings. The smallest absolute Gasteiger partial charge is 0.265 e. The summed E-state index contributed by atoms with van der Waals surface area (Å²) in [5.74, 6) is 0.0555. The van der Waals surface area contributed by atoms with E-state index < -0.39 is 0 Å². The summed E-state index contributed by atoms with van der Waals surface area (Å²) in [7, 11) is 1.55. The highest BCUT2D eigenvalue weighted by atomic mass is 35.5. The number of anilines is 2. The molecule has 2 amide bonds. The third-order valence-corrected chi connectivity index (χ3v) is 7.04. The zero-order valence-electron chi connectivity index (χ0n) is 19.4. The molecule has 0 spiro atoms. The van der Waals surface area contributed by atoms with Crippen molar-refractivity contribution in [2.75, 3.05) is 17.7 Å². The number of rotatable bonds is 6. The van der Waals surface area contributed by atoms with Crippen LogP contribution in [-0.4, -0.2) is 28.7 Å². The number of benzene rings is 3. The molecule has 0 saturated carbocycles. The summed E-state index contributed by atoms with van der Waals surface area (Å²) in [5, 5.41) is 11.8. The summed E-state index contributed by atoms with van der Waals surface area (Å²) in [6, 6.07) is 23.2. The molecule has 36 heavy (non-hydrogen) atoms. The minimum Gasteiger partial charge on any atom is -0.495 e. The van der Waals surface area contributed by atoms with Gasteiger partial charge < -0.3 is 15.4 Å². The Morgan fingerprint density at radius 1 is 0.944 bits per heavy atom. The average molecular weight is 517 g/mol. The number of carbonyl (C=O) groups is 2. The van der Waals surface area contributed by atoms with Crippen molar-refractivity contribution >= 4 is 56.3 Å². The summed E-state index contributed by atoms with van der Waals surface area (Å²) in [6.45, 7) is 1.90. The third-order valence-electron chi connectivity index (χ3n) is 5.61. The van der Waals surface area contributed by atoms with E-state index in [0.717, 1.165) is 21.6 Å². The number of nitrogens with zero attached hydrogens (tertiary/aromatic N) is 2. The number of aromatic nitrogens is 2. The summed E-state index contributed by atoms with van der Waals surface area (Å²) >= 11 is 7.71. The number of carbonyl (C=O) groups excluding carboxylic acids is 2. The van der Waals surface area contributed by atoms with E-state index >= 15 is 0 Å². The highest BCUT2D eigenvalue weighted by Crippen LogP contribution is 2.33. The maximum absolute atomic E-state index is 13.0. The molecule has 0 aliphatic carbocycles. The van der Waals surface area contributed by atoms with Crippen LogP contribution in [-0.2, 0) is 0 Å². The zero-order chi connectivity index (χ0) is 25.2. The molecule has 0 unspecified atom stereocenters. The number of hydrogen-bond acceptors (Lipinski definition) is 5. The highest BCUT2D eigenvalue weighted by Gasteiger charge is 2.18. The van der Waals surface area contributed by atoms with Crippen LogP contribution in [0.4, 0.5) is 11.4 Å². The van der Waals surface area contributed by atoms with Crippen LogP contribution in [0, 0.1) is 6.92 Å². The lowest BCUT2D eigenvalue weighted by molar-refractivity contribution is 0.102. The first-order valence-electron chi connectivity index (χ1n) is 11.0. The van der Waals surface area contributed by atoms with Crippen molar-refractivity contribution in [3.05, 3.63) is 100 Å². The van der Waals surface area contributed by atoms with Crippen LogP contribution >= 0.6 is 22.9 Å². The molecule has 9 heteroatoms. The van der Waals surface area contributed by atoms with Crippen LogP contribution in [0.3, 0.4) is 0 Å². The van der Waals surface area contributed by atoms with E-state index in [-0.39, 0.29) is 11.8 Å². The van der Waals surface area contributed by atoms with Crippen molar-refractivity contribution in [2.24, 2.45) is 0 Å². The van der Waals surface area contributed by atoms with Crippen molar-refractivity contribution < 1.29 is 14.3 Å². The molecular formula is C27H21ClN4O3S. The molecule has 0 aliphatic heterocycles. The van der Waals surface area contributed by atoms with E-state index in [1.807, 2.05) is 43.3 Å². The van der Waals surface area contributed by atoms with E-state index in [4.69, 9.17) is 16.3 Å². The number of amides is 2. The number of nitrogens with one attached hydrogen (secondary N) is 2. The second-order valence-electron chi connectivity index (χ2n) is 7.96. The maximum atomic E-state index is 13.0. The number of aryl methyl sites for hydroxylation is 1.